The van der Waals surface area contributed by atoms with Crippen LogP contribution in [0, 0.1) is 0 Å². The fourth-order valence-electron chi connectivity index (χ4n) is 4.36. The minimum Gasteiger partial charge on any atom is -0.491 e. The number of nitrogens with zero attached hydrogens (tertiary/aromatic N) is 2. The van der Waals surface area contributed by atoms with Gasteiger partial charge in [0.15, 0.2) is 5.82 Å². The third kappa shape index (κ3) is 9.72. The molecule has 0 aliphatic carbocycles. The zero-order chi connectivity index (χ0) is 25.4. The lowest BCUT2D eigenvalue weighted by atomic mass is 10.0. The molecule has 194 valence electrons. The van der Waals surface area contributed by atoms with Gasteiger partial charge in [-0.25, -0.2) is 14.4 Å². The average molecular weight is 491 g/mol. The van der Waals surface area contributed by atoms with Gasteiger partial charge in [-0.1, -0.05) is 95.9 Å². The lowest BCUT2D eigenvalue weighted by Gasteiger charge is -2.11. The number of hydrogen-bond acceptors (Lipinski definition) is 3. The van der Waals surface area contributed by atoms with Crippen LogP contribution in [0.1, 0.15) is 90.0 Å². The fraction of sp³-hybridized carbons (Fsp3) is 0.500. The first-order valence-corrected chi connectivity index (χ1v) is 14.0. The van der Waals surface area contributed by atoms with Crippen molar-refractivity contribution in [2.75, 3.05) is 6.61 Å². The van der Waals surface area contributed by atoms with Gasteiger partial charge in [0, 0.05) is 23.5 Å². The molecular formula is C32H43FN2O. The predicted octanol–water partition coefficient (Wildman–Crippen LogP) is 9.40. The zero-order valence-corrected chi connectivity index (χ0v) is 22.2. The van der Waals surface area contributed by atoms with E-state index < -0.39 is 6.17 Å². The molecule has 3 rings (SSSR count). The number of hydrogen-bond donors (Lipinski definition) is 0. The predicted molar refractivity (Wildman–Crippen MR) is 149 cm³/mol. The molecule has 0 amide bonds. The van der Waals surface area contributed by atoms with E-state index in [-0.39, 0.29) is 6.61 Å². The molecular weight excluding hydrogens is 447 g/mol. The highest BCUT2D eigenvalue weighted by Crippen LogP contribution is 2.23. The summed E-state index contributed by atoms with van der Waals surface area (Å²) in [5.41, 5.74) is 4.43. The molecule has 1 atom stereocenters. The normalized spacial score (nSPS) is 12.0. The van der Waals surface area contributed by atoms with Crippen LogP contribution in [0.15, 0.2) is 60.9 Å². The van der Waals surface area contributed by atoms with Crippen LogP contribution in [0.2, 0.25) is 0 Å². The van der Waals surface area contributed by atoms with Crippen molar-refractivity contribution < 1.29 is 9.13 Å². The Morgan fingerprint density at radius 1 is 0.667 bits per heavy atom. The van der Waals surface area contributed by atoms with Crippen LogP contribution < -0.4 is 4.74 Å². The van der Waals surface area contributed by atoms with E-state index in [1.165, 1.54) is 56.9 Å². The lowest BCUT2D eigenvalue weighted by Crippen LogP contribution is -2.12. The number of benzene rings is 2. The lowest BCUT2D eigenvalue weighted by molar-refractivity contribution is 0.184. The average Bonchev–Trinajstić information content (AvgIpc) is 2.92. The second-order valence-electron chi connectivity index (χ2n) is 9.79. The smallest absolute Gasteiger partial charge is 0.159 e. The van der Waals surface area contributed by atoms with Crippen molar-refractivity contribution >= 4 is 0 Å². The van der Waals surface area contributed by atoms with Gasteiger partial charge in [-0.05, 0) is 54.7 Å². The first-order valence-electron chi connectivity index (χ1n) is 14.0. The van der Waals surface area contributed by atoms with E-state index in [9.17, 15) is 4.39 Å². The fourth-order valence-corrected chi connectivity index (χ4v) is 4.36. The number of ether oxygens (including phenoxy) is 1. The van der Waals surface area contributed by atoms with E-state index >= 15 is 0 Å². The van der Waals surface area contributed by atoms with Gasteiger partial charge in [0.05, 0.1) is 0 Å². The molecule has 0 N–H and O–H groups in total. The van der Waals surface area contributed by atoms with Gasteiger partial charge < -0.3 is 4.74 Å². The summed E-state index contributed by atoms with van der Waals surface area (Å²) >= 11 is 0. The number of halogens is 1. The zero-order valence-electron chi connectivity index (χ0n) is 22.2. The molecule has 4 heteroatoms. The molecule has 1 aromatic heterocycles. The second kappa shape index (κ2) is 16.1. The SMILES string of the molecule is CCCCCCCCCC(F)COc1ccc(-c2ncc(-c3ccc(CCCCC)cc3)cn2)cc1. The molecule has 3 nitrogen and oxygen atoms in total. The van der Waals surface area contributed by atoms with E-state index in [0.717, 1.165) is 36.0 Å². The molecule has 0 radical (unpaired) electrons. The Hall–Kier alpha value is -2.75. The molecule has 2 aromatic carbocycles. The molecule has 0 saturated carbocycles. The molecule has 0 fully saturated rings. The molecule has 0 spiro atoms. The van der Waals surface area contributed by atoms with E-state index in [0.29, 0.717) is 18.0 Å². The Bertz CT molecular complexity index is 971. The summed E-state index contributed by atoms with van der Waals surface area (Å²) in [6.07, 6.45) is 16.7. The third-order valence-corrected chi connectivity index (χ3v) is 6.67. The van der Waals surface area contributed by atoms with Crippen LogP contribution in [-0.2, 0) is 6.42 Å². The summed E-state index contributed by atoms with van der Waals surface area (Å²) in [7, 11) is 0. The highest BCUT2D eigenvalue weighted by Gasteiger charge is 2.09. The molecule has 1 unspecified atom stereocenters. The molecule has 0 aliphatic rings. The largest absolute Gasteiger partial charge is 0.491 e. The number of aromatic nitrogens is 2. The Kier molecular flexibility index (Phi) is 12.4. The summed E-state index contributed by atoms with van der Waals surface area (Å²) in [4.78, 5) is 9.13. The van der Waals surface area contributed by atoms with E-state index in [1.807, 2.05) is 36.7 Å². The van der Waals surface area contributed by atoms with Crippen molar-refractivity contribution in [1.29, 1.82) is 0 Å². The topological polar surface area (TPSA) is 35.0 Å². The second-order valence-corrected chi connectivity index (χ2v) is 9.79. The maximum Gasteiger partial charge on any atom is 0.159 e. The van der Waals surface area contributed by atoms with Gasteiger partial charge in [0.25, 0.3) is 0 Å². The van der Waals surface area contributed by atoms with Gasteiger partial charge in [0.1, 0.15) is 18.5 Å². The van der Waals surface area contributed by atoms with Gasteiger partial charge in [-0.2, -0.15) is 0 Å². The van der Waals surface area contributed by atoms with E-state index in [4.69, 9.17) is 4.74 Å². The Morgan fingerprint density at radius 3 is 1.92 bits per heavy atom. The molecule has 1 heterocycles. The van der Waals surface area contributed by atoms with Crippen LogP contribution in [0.3, 0.4) is 0 Å². The molecule has 3 aromatic rings. The van der Waals surface area contributed by atoms with Crippen molar-refractivity contribution in [3.63, 3.8) is 0 Å². The molecule has 0 bridgehead atoms. The summed E-state index contributed by atoms with van der Waals surface area (Å²) in [6, 6.07) is 16.3. The first kappa shape index (κ1) is 27.8. The monoisotopic (exact) mass is 490 g/mol. The Morgan fingerprint density at radius 2 is 1.25 bits per heavy atom. The molecule has 0 saturated heterocycles. The van der Waals surface area contributed by atoms with Gasteiger partial charge in [-0.3, -0.25) is 0 Å². The molecule has 36 heavy (non-hydrogen) atoms. The Labute approximate surface area is 217 Å². The standard InChI is InChI=1S/C32H43FN2O/c1-3-5-7-8-9-10-12-14-30(33)25-36-31-21-19-28(20-22-31)32-34-23-29(24-35-32)27-17-15-26(16-18-27)13-11-6-4-2/h15-24,30H,3-14,25H2,1-2H3. The number of aryl methyl sites for hydroxylation is 1. The van der Waals surface area contributed by atoms with Crippen LogP contribution in [0.5, 0.6) is 5.75 Å². The van der Waals surface area contributed by atoms with Crippen molar-refractivity contribution in [2.45, 2.75) is 97.1 Å². The van der Waals surface area contributed by atoms with Crippen molar-refractivity contribution in [3.8, 4) is 28.3 Å². The van der Waals surface area contributed by atoms with Crippen molar-refractivity contribution in [2.24, 2.45) is 0 Å². The minimum absolute atomic E-state index is 0.109. The summed E-state index contributed by atoms with van der Waals surface area (Å²) in [5, 5.41) is 0. The van der Waals surface area contributed by atoms with Crippen LogP contribution >= 0.6 is 0 Å². The van der Waals surface area contributed by atoms with Crippen molar-refractivity contribution in [1.82, 2.24) is 9.97 Å². The highest BCUT2D eigenvalue weighted by molar-refractivity contribution is 5.64. The Balaban J connectivity index is 1.42. The number of unbranched alkanes of at least 4 members (excludes halogenated alkanes) is 8. The molecule has 0 aliphatic heterocycles. The van der Waals surface area contributed by atoms with Gasteiger partial charge in [0.2, 0.25) is 0 Å². The van der Waals surface area contributed by atoms with Crippen LogP contribution in [0.4, 0.5) is 4.39 Å². The maximum atomic E-state index is 14.2. The number of rotatable bonds is 17. The summed E-state index contributed by atoms with van der Waals surface area (Å²) in [6.45, 7) is 4.56. The quantitative estimate of drug-likeness (QED) is 0.177. The van der Waals surface area contributed by atoms with E-state index in [2.05, 4.69) is 48.1 Å². The van der Waals surface area contributed by atoms with E-state index in [1.54, 1.807) is 0 Å². The van der Waals surface area contributed by atoms with Crippen molar-refractivity contribution in [3.05, 3.63) is 66.5 Å². The third-order valence-electron chi connectivity index (χ3n) is 6.67. The van der Waals surface area contributed by atoms with Crippen LogP contribution in [-0.4, -0.2) is 22.7 Å². The van der Waals surface area contributed by atoms with Crippen LogP contribution in [0.25, 0.3) is 22.5 Å². The number of alkyl halides is 1. The minimum atomic E-state index is -0.915. The highest BCUT2D eigenvalue weighted by atomic mass is 19.1. The first-order chi connectivity index (χ1) is 17.7. The summed E-state index contributed by atoms with van der Waals surface area (Å²) < 4.78 is 19.9. The van der Waals surface area contributed by atoms with Gasteiger partial charge in [-0.15, -0.1) is 0 Å². The summed E-state index contributed by atoms with van der Waals surface area (Å²) in [5.74, 6) is 1.35. The maximum absolute atomic E-state index is 14.2. The van der Waals surface area contributed by atoms with Gasteiger partial charge >= 0.3 is 0 Å².